The molecule has 0 aliphatic rings. The quantitative estimate of drug-likeness (QED) is 0.0195. The molecule has 2 unspecified atom stereocenters. The van der Waals surface area contributed by atoms with Crippen LogP contribution in [0.25, 0.3) is 0 Å². The van der Waals surface area contributed by atoms with E-state index in [9.17, 15) is 19.0 Å². The van der Waals surface area contributed by atoms with Gasteiger partial charge in [-0.2, -0.15) is 0 Å². The summed E-state index contributed by atoms with van der Waals surface area (Å²) in [6, 6.07) is 0. The Morgan fingerprint density at radius 1 is 0.500 bits per heavy atom. The van der Waals surface area contributed by atoms with Gasteiger partial charge >= 0.3 is 11.9 Å². The van der Waals surface area contributed by atoms with Crippen LogP contribution in [-0.2, 0) is 32.7 Å². The summed E-state index contributed by atoms with van der Waals surface area (Å²) < 4.78 is 33.9. The van der Waals surface area contributed by atoms with Gasteiger partial charge in [-0.15, -0.1) is 0 Å². The number of hydrogen-bond donors (Lipinski definition) is 0. The van der Waals surface area contributed by atoms with Crippen molar-refractivity contribution in [3.63, 3.8) is 0 Å². The summed E-state index contributed by atoms with van der Waals surface area (Å²) in [5.74, 6) is -0.826. The predicted octanol–water partition coefficient (Wildman–Crippen LogP) is 14.8. The molecule has 0 saturated carbocycles. The zero-order valence-corrected chi connectivity index (χ0v) is 42.2. The number of carbonyl (C=O) groups is 2. The van der Waals surface area contributed by atoms with Gasteiger partial charge in [0, 0.05) is 12.8 Å². The molecule has 0 aromatic carbocycles. The average molecular weight is 898 g/mol. The van der Waals surface area contributed by atoms with E-state index in [-0.39, 0.29) is 32.0 Å². The summed E-state index contributed by atoms with van der Waals surface area (Å²) in [6.45, 7) is 4.22. The number of esters is 2. The molecule has 0 amide bonds. The zero-order chi connectivity index (χ0) is 45.7. The largest absolute Gasteiger partial charge is 0.756 e. The number of ether oxygens (including phenoxy) is 2. The average Bonchev–Trinajstić information content (AvgIpc) is 3.23. The van der Waals surface area contributed by atoms with Crippen molar-refractivity contribution < 1.29 is 42.1 Å². The molecule has 2 atom stereocenters. The van der Waals surface area contributed by atoms with Crippen LogP contribution in [0.1, 0.15) is 245 Å². The molecule has 0 aliphatic heterocycles. The van der Waals surface area contributed by atoms with E-state index in [1.54, 1.807) is 0 Å². The first-order chi connectivity index (χ1) is 30.0. The molecular weight excluding hydrogens is 798 g/mol. The molecule has 0 aliphatic carbocycles. The van der Waals surface area contributed by atoms with Crippen LogP contribution in [0.2, 0.25) is 0 Å². The summed E-state index contributed by atoms with van der Waals surface area (Å²) in [5.41, 5.74) is 0. The number of rotatable bonds is 48. The van der Waals surface area contributed by atoms with Gasteiger partial charge in [-0.05, 0) is 44.9 Å². The SMILES string of the molecule is CCCCCCC/C=C\C/C=C\CCCCCCCCCCCCCCCCCCCC(=O)OC(COC(=O)CCCCCCCCCCC)COP(=O)([O-])OCC[N+](C)(C)C. The molecule has 0 radical (unpaired) electrons. The maximum Gasteiger partial charge on any atom is 0.306 e. The molecule has 0 aromatic heterocycles. The van der Waals surface area contributed by atoms with Crippen LogP contribution >= 0.6 is 7.82 Å². The van der Waals surface area contributed by atoms with Gasteiger partial charge in [-0.3, -0.25) is 14.2 Å². The number of quaternary nitrogens is 1. The molecule has 366 valence electrons. The van der Waals surface area contributed by atoms with Crippen LogP contribution in [0.4, 0.5) is 0 Å². The van der Waals surface area contributed by atoms with Crippen molar-refractivity contribution in [3.8, 4) is 0 Å². The highest BCUT2D eigenvalue weighted by Gasteiger charge is 2.21. The predicted molar refractivity (Wildman–Crippen MR) is 259 cm³/mol. The van der Waals surface area contributed by atoms with E-state index in [2.05, 4.69) is 38.2 Å². The van der Waals surface area contributed by atoms with Gasteiger partial charge in [0.1, 0.15) is 19.8 Å². The van der Waals surface area contributed by atoms with Crippen molar-refractivity contribution in [3.05, 3.63) is 24.3 Å². The highest BCUT2D eigenvalue weighted by molar-refractivity contribution is 7.45. The summed E-state index contributed by atoms with van der Waals surface area (Å²) in [4.78, 5) is 37.5. The van der Waals surface area contributed by atoms with E-state index in [0.29, 0.717) is 17.4 Å². The molecule has 10 heteroatoms. The lowest BCUT2D eigenvalue weighted by molar-refractivity contribution is -0.870. The summed E-state index contributed by atoms with van der Waals surface area (Å²) >= 11 is 0. The monoisotopic (exact) mass is 898 g/mol. The Kier molecular flexibility index (Phi) is 43.6. The molecule has 9 nitrogen and oxygen atoms in total. The fourth-order valence-electron chi connectivity index (χ4n) is 7.39. The number of phosphoric ester groups is 1. The number of unbranched alkanes of at least 4 members (excludes halogenated alkanes) is 30. The first kappa shape index (κ1) is 60.5. The molecule has 0 heterocycles. The molecule has 0 aromatic rings. The summed E-state index contributed by atoms with van der Waals surface area (Å²) in [6.07, 6.45) is 50.9. The minimum absolute atomic E-state index is 0.0279. The lowest BCUT2D eigenvalue weighted by Gasteiger charge is -2.28. The van der Waals surface area contributed by atoms with Crippen molar-refractivity contribution in [2.75, 3.05) is 47.5 Å². The molecule has 0 bridgehead atoms. The van der Waals surface area contributed by atoms with E-state index < -0.39 is 26.5 Å². The third-order valence-corrected chi connectivity index (χ3v) is 12.4. The second-order valence-corrected chi connectivity index (χ2v) is 20.3. The van der Waals surface area contributed by atoms with Crippen LogP contribution in [0, 0.1) is 0 Å². The van der Waals surface area contributed by atoms with Crippen LogP contribution in [0.3, 0.4) is 0 Å². The maximum absolute atomic E-state index is 12.7. The van der Waals surface area contributed by atoms with Gasteiger partial charge in [0.2, 0.25) is 0 Å². The van der Waals surface area contributed by atoms with Crippen LogP contribution in [0.15, 0.2) is 24.3 Å². The number of carbonyl (C=O) groups excluding carboxylic acids is 2. The normalized spacial score (nSPS) is 13.6. The number of allylic oxidation sites excluding steroid dienone is 4. The molecule has 0 spiro atoms. The molecular formula is C52H100NO8P. The van der Waals surface area contributed by atoms with Crippen LogP contribution in [-0.4, -0.2) is 70.0 Å². The number of nitrogens with zero attached hydrogens (tertiary/aromatic N) is 1. The molecule has 0 fully saturated rings. The Balaban J connectivity index is 4.01. The molecule has 62 heavy (non-hydrogen) atoms. The van der Waals surface area contributed by atoms with Crippen molar-refractivity contribution >= 4 is 19.8 Å². The molecule has 0 N–H and O–H groups in total. The fraction of sp³-hybridized carbons (Fsp3) is 0.885. The number of likely N-dealkylation sites (N-methyl/N-ethyl adjacent to an activating group) is 1. The highest BCUT2D eigenvalue weighted by atomic mass is 31.2. The summed E-state index contributed by atoms with van der Waals surface area (Å²) in [5, 5.41) is 0. The minimum atomic E-state index is -4.62. The number of hydrogen-bond acceptors (Lipinski definition) is 8. The van der Waals surface area contributed by atoms with E-state index in [1.807, 2.05) is 21.1 Å². The topological polar surface area (TPSA) is 111 Å². The van der Waals surface area contributed by atoms with Crippen LogP contribution in [0.5, 0.6) is 0 Å². The Labute approximate surface area is 383 Å². The molecule has 0 saturated heterocycles. The van der Waals surface area contributed by atoms with Crippen molar-refractivity contribution in [2.24, 2.45) is 0 Å². The maximum atomic E-state index is 12.7. The third-order valence-electron chi connectivity index (χ3n) is 11.5. The lowest BCUT2D eigenvalue weighted by atomic mass is 10.0. The van der Waals surface area contributed by atoms with E-state index >= 15 is 0 Å². The van der Waals surface area contributed by atoms with Crippen molar-refractivity contribution in [1.29, 1.82) is 0 Å². The second kappa shape index (κ2) is 44.7. The van der Waals surface area contributed by atoms with Crippen molar-refractivity contribution in [2.45, 2.75) is 251 Å². The number of phosphoric acid groups is 1. The minimum Gasteiger partial charge on any atom is -0.756 e. The fourth-order valence-corrected chi connectivity index (χ4v) is 8.12. The zero-order valence-electron chi connectivity index (χ0n) is 41.3. The Hall–Kier alpha value is -1.51. The Morgan fingerprint density at radius 2 is 0.871 bits per heavy atom. The first-order valence-corrected chi connectivity index (χ1v) is 27.5. The van der Waals surface area contributed by atoms with E-state index in [1.165, 1.54) is 173 Å². The van der Waals surface area contributed by atoms with Gasteiger partial charge in [0.05, 0.1) is 27.7 Å². The van der Waals surface area contributed by atoms with Gasteiger partial charge < -0.3 is 27.9 Å². The first-order valence-electron chi connectivity index (χ1n) is 26.0. The molecule has 0 rings (SSSR count). The van der Waals surface area contributed by atoms with Gasteiger partial charge in [-0.25, -0.2) is 0 Å². The summed E-state index contributed by atoms with van der Waals surface area (Å²) in [7, 11) is 1.18. The Bertz CT molecular complexity index is 1110. The second-order valence-electron chi connectivity index (χ2n) is 18.9. The Morgan fingerprint density at radius 3 is 1.27 bits per heavy atom. The highest BCUT2D eigenvalue weighted by Crippen LogP contribution is 2.38. The smallest absolute Gasteiger partial charge is 0.306 e. The van der Waals surface area contributed by atoms with Gasteiger partial charge in [0.15, 0.2) is 6.10 Å². The standard InChI is InChI=1S/C52H100NO8P/c1-6-8-10-12-14-16-17-18-19-20-21-22-23-24-25-26-27-28-29-30-31-32-33-34-35-37-39-41-43-45-52(55)61-50(49-60-62(56,57)59-47-46-53(3,4)5)48-58-51(54)44-42-40-38-36-15-13-11-9-7-2/h17-18,20-21,50H,6-16,19,22-49H2,1-5H3/b18-17-,21-20-. The van der Waals surface area contributed by atoms with Crippen molar-refractivity contribution in [1.82, 2.24) is 0 Å². The van der Waals surface area contributed by atoms with Crippen LogP contribution < -0.4 is 4.89 Å². The van der Waals surface area contributed by atoms with Gasteiger partial charge in [-0.1, -0.05) is 212 Å². The lowest BCUT2D eigenvalue weighted by Crippen LogP contribution is -2.37. The van der Waals surface area contributed by atoms with Gasteiger partial charge in [0.25, 0.3) is 7.82 Å². The van der Waals surface area contributed by atoms with E-state index in [0.717, 1.165) is 38.5 Å². The van der Waals surface area contributed by atoms with E-state index in [4.69, 9.17) is 18.5 Å². The third kappa shape index (κ3) is 48.0.